The van der Waals surface area contributed by atoms with Crippen molar-refractivity contribution < 1.29 is 32.6 Å². The number of carboxylic acids is 1. The molecule has 0 bridgehead atoms. The number of hydrogen-bond donors (Lipinski definition) is 2. The molecule has 2 N–H and O–H groups in total. The van der Waals surface area contributed by atoms with Crippen LogP contribution in [0.15, 0.2) is 53.6 Å². The third-order valence-corrected chi connectivity index (χ3v) is 6.49. The summed E-state index contributed by atoms with van der Waals surface area (Å²) in [5.41, 5.74) is 1.58. The molecule has 0 radical (unpaired) electrons. The van der Waals surface area contributed by atoms with Gasteiger partial charge >= 0.3 is 12.1 Å². The van der Waals surface area contributed by atoms with Crippen LogP contribution in [0.4, 0.5) is 13.2 Å². The lowest BCUT2D eigenvalue weighted by Gasteiger charge is -2.10. The van der Waals surface area contributed by atoms with E-state index < -0.39 is 12.1 Å². The molecule has 8 nitrogen and oxygen atoms in total. The highest BCUT2D eigenvalue weighted by molar-refractivity contribution is 7.22. The van der Waals surface area contributed by atoms with Crippen molar-refractivity contribution in [1.82, 2.24) is 14.9 Å². The monoisotopic (exact) mass is 535 g/mol. The highest BCUT2D eigenvalue weighted by Crippen LogP contribution is 2.40. The van der Waals surface area contributed by atoms with E-state index >= 15 is 0 Å². The van der Waals surface area contributed by atoms with Gasteiger partial charge in [-0.3, -0.25) is 14.6 Å². The first-order valence-corrected chi connectivity index (χ1v) is 12.0. The topological polar surface area (TPSA) is 111 Å². The lowest BCUT2D eigenvalue weighted by molar-refractivity contribution is -0.192. The van der Waals surface area contributed by atoms with Crippen LogP contribution >= 0.6 is 11.3 Å². The molecule has 0 unspecified atom stereocenters. The Morgan fingerprint density at radius 1 is 1.16 bits per heavy atom. The van der Waals surface area contributed by atoms with Gasteiger partial charge in [0, 0.05) is 31.4 Å². The van der Waals surface area contributed by atoms with Gasteiger partial charge in [0.25, 0.3) is 11.5 Å². The summed E-state index contributed by atoms with van der Waals surface area (Å²) in [6, 6.07) is 11.4. The fourth-order valence-electron chi connectivity index (χ4n) is 3.42. The summed E-state index contributed by atoms with van der Waals surface area (Å²) in [4.78, 5) is 39.5. The van der Waals surface area contributed by atoms with Gasteiger partial charge in [-0.05, 0) is 30.2 Å². The number of rotatable bonds is 7. The van der Waals surface area contributed by atoms with E-state index in [0.717, 1.165) is 34.0 Å². The average Bonchev–Trinajstić information content (AvgIpc) is 3.26. The number of carboxylic acid groups (broad SMARTS) is 1. The number of hydrogen-bond acceptors (Lipinski definition) is 6. The number of aliphatic carboxylic acids is 1. The van der Waals surface area contributed by atoms with Gasteiger partial charge in [0.2, 0.25) is 0 Å². The fraction of sp³-hybridized carbons (Fsp3) is 0.280. The number of para-hydroxylation sites is 1. The lowest BCUT2D eigenvalue weighted by atomic mass is 10.1. The number of amides is 1. The Hall–Kier alpha value is -3.93. The van der Waals surface area contributed by atoms with E-state index in [1.54, 1.807) is 24.0 Å². The summed E-state index contributed by atoms with van der Waals surface area (Å²) >= 11 is 1.31. The maximum Gasteiger partial charge on any atom is 0.490 e. The molecule has 196 valence electrons. The molecule has 0 spiro atoms. The van der Waals surface area contributed by atoms with Gasteiger partial charge in [0.05, 0.1) is 10.2 Å². The van der Waals surface area contributed by atoms with Gasteiger partial charge in [0.15, 0.2) is 5.75 Å². The molecule has 0 atom stereocenters. The number of carbonyl (C=O) groups excluding carboxylic acids is 1. The van der Waals surface area contributed by atoms with Gasteiger partial charge in [-0.1, -0.05) is 31.5 Å². The number of alkyl halides is 3. The van der Waals surface area contributed by atoms with Crippen molar-refractivity contribution >= 4 is 44.2 Å². The van der Waals surface area contributed by atoms with Crippen LogP contribution in [0, 0.1) is 0 Å². The summed E-state index contributed by atoms with van der Waals surface area (Å²) in [6.45, 7) is 2.91. The van der Waals surface area contributed by atoms with Crippen LogP contribution < -0.4 is 15.6 Å². The molecule has 0 aliphatic rings. The highest BCUT2D eigenvalue weighted by atomic mass is 32.1. The van der Waals surface area contributed by atoms with Crippen LogP contribution in [-0.2, 0) is 18.4 Å². The number of unbranched alkanes of at least 4 members (excludes halogenated alkanes) is 1. The fourth-order valence-corrected chi connectivity index (χ4v) is 4.60. The van der Waals surface area contributed by atoms with Crippen molar-refractivity contribution in [2.75, 3.05) is 6.54 Å². The predicted molar refractivity (Wildman–Crippen MR) is 134 cm³/mol. The van der Waals surface area contributed by atoms with Crippen molar-refractivity contribution in [3.05, 3.63) is 69.6 Å². The minimum atomic E-state index is -5.08. The number of nitrogens with zero attached hydrogens (tertiary/aromatic N) is 2. The van der Waals surface area contributed by atoms with E-state index in [4.69, 9.17) is 14.6 Å². The van der Waals surface area contributed by atoms with E-state index in [-0.39, 0.29) is 18.1 Å². The molecule has 1 amide bonds. The molecule has 0 fully saturated rings. The summed E-state index contributed by atoms with van der Waals surface area (Å²) in [5.74, 6) is -2.61. The third-order valence-electron chi connectivity index (χ3n) is 5.29. The number of aromatic nitrogens is 2. The quantitative estimate of drug-likeness (QED) is 0.326. The zero-order valence-corrected chi connectivity index (χ0v) is 20.8. The van der Waals surface area contributed by atoms with E-state index in [1.807, 2.05) is 36.4 Å². The largest absolute Gasteiger partial charge is 0.490 e. The molecule has 0 aliphatic carbocycles. The molecule has 0 saturated carbocycles. The average molecular weight is 536 g/mol. The number of fused-ring (bicyclic) bond motifs is 3. The number of carbonyl (C=O) groups is 2. The first-order valence-electron chi connectivity index (χ1n) is 11.2. The lowest BCUT2D eigenvalue weighted by Crippen LogP contribution is -2.24. The predicted octanol–water partition coefficient (Wildman–Crippen LogP) is 4.89. The van der Waals surface area contributed by atoms with Crippen LogP contribution in [0.25, 0.3) is 21.0 Å². The molecule has 37 heavy (non-hydrogen) atoms. The Kier molecular flexibility index (Phi) is 8.87. The van der Waals surface area contributed by atoms with Crippen molar-refractivity contribution in [2.24, 2.45) is 7.05 Å². The second-order valence-electron chi connectivity index (χ2n) is 7.90. The van der Waals surface area contributed by atoms with Gasteiger partial charge in [0.1, 0.15) is 16.9 Å². The van der Waals surface area contributed by atoms with Crippen molar-refractivity contribution in [2.45, 2.75) is 32.5 Å². The molecule has 3 heterocycles. The number of pyridine rings is 2. The first kappa shape index (κ1) is 27.7. The third kappa shape index (κ3) is 6.45. The molecule has 3 aromatic heterocycles. The molecular weight excluding hydrogens is 511 g/mol. The Morgan fingerprint density at radius 2 is 1.81 bits per heavy atom. The number of nitrogens with one attached hydrogen (secondary N) is 1. The van der Waals surface area contributed by atoms with Crippen LogP contribution in [0.2, 0.25) is 0 Å². The van der Waals surface area contributed by atoms with E-state index in [9.17, 15) is 22.8 Å². The van der Waals surface area contributed by atoms with Crippen molar-refractivity contribution in [1.29, 1.82) is 0 Å². The van der Waals surface area contributed by atoms with Gasteiger partial charge in [-0.25, -0.2) is 4.79 Å². The molecular formula is C25H24F3N3O5S. The van der Waals surface area contributed by atoms with Crippen LogP contribution in [0.3, 0.4) is 0 Å². The highest BCUT2D eigenvalue weighted by Gasteiger charge is 2.38. The maximum atomic E-state index is 13.2. The Morgan fingerprint density at radius 3 is 2.43 bits per heavy atom. The smallest absolute Gasteiger partial charge is 0.486 e. The second-order valence-corrected chi connectivity index (χ2v) is 8.92. The molecule has 4 aromatic rings. The number of halogens is 3. The molecule has 4 rings (SSSR count). The molecule has 12 heteroatoms. The standard InChI is InChI=1S/C23H23N3O3S.C2HF3O2/c1-3-4-11-25-22(27)21-19(29-14-15-9-12-24-13-10-15)18-20(30-21)16-7-5-6-8-17(16)26(2)23(18)28;3-2(4,5)1(6)7/h5-10,12-13H,3-4,11,14H2,1-2H3,(H,25,27);(H,6,7). The van der Waals surface area contributed by atoms with Crippen LogP contribution in [0.1, 0.15) is 35.0 Å². The minimum Gasteiger partial charge on any atom is -0.486 e. The van der Waals surface area contributed by atoms with Crippen LogP contribution in [0.5, 0.6) is 5.75 Å². The van der Waals surface area contributed by atoms with Gasteiger partial charge < -0.3 is 19.7 Å². The zero-order chi connectivity index (χ0) is 27.2. The van der Waals surface area contributed by atoms with E-state index in [2.05, 4.69) is 17.2 Å². The molecule has 0 aliphatic heterocycles. The van der Waals surface area contributed by atoms with E-state index in [0.29, 0.717) is 22.6 Å². The van der Waals surface area contributed by atoms with Crippen molar-refractivity contribution in [3.63, 3.8) is 0 Å². The minimum absolute atomic E-state index is 0.169. The summed E-state index contributed by atoms with van der Waals surface area (Å²) in [6.07, 6.45) is 0.183. The summed E-state index contributed by atoms with van der Waals surface area (Å²) in [5, 5.41) is 11.5. The van der Waals surface area contributed by atoms with Crippen LogP contribution in [-0.4, -0.2) is 39.3 Å². The Labute approximate surface area is 213 Å². The normalized spacial score (nSPS) is 11.2. The van der Waals surface area contributed by atoms with E-state index in [1.165, 1.54) is 11.3 Å². The van der Waals surface area contributed by atoms with Gasteiger partial charge in [-0.2, -0.15) is 13.2 Å². The Balaban J connectivity index is 0.000000479. The SMILES string of the molecule is CCCCNC(=O)c1sc2c(c1OCc1ccncc1)c(=O)n(C)c1ccccc21.O=C(O)C(F)(F)F. The first-order chi connectivity index (χ1) is 17.6. The number of benzene rings is 1. The maximum absolute atomic E-state index is 13.2. The van der Waals surface area contributed by atoms with Crippen molar-refractivity contribution in [3.8, 4) is 5.75 Å². The summed E-state index contributed by atoms with van der Waals surface area (Å²) in [7, 11) is 1.75. The zero-order valence-electron chi connectivity index (χ0n) is 20.0. The summed E-state index contributed by atoms with van der Waals surface area (Å²) < 4.78 is 40.2. The molecule has 1 aromatic carbocycles. The Bertz CT molecular complexity index is 1470. The van der Waals surface area contributed by atoms with Gasteiger partial charge in [-0.15, -0.1) is 11.3 Å². The second kappa shape index (κ2) is 11.9. The number of ether oxygens (including phenoxy) is 1. The number of thiophene rings is 1. The number of aryl methyl sites for hydroxylation is 1. The molecule has 0 saturated heterocycles.